The van der Waals surface area contributed by atoms with Crippen molar-refractivity contribution in [2.45, 2.75) is 65.1 Å². The number of amides is 2. The molecular weight excluding hydrogens is 419 g/mol. The van der Waals surface area contributed by atoms with Crippen molar-refractivity contribution in [2.75, 3.05) is 0 Å². The second-order valence-corrected chi connectivity index (χ2v) is 9.25. The molecule has 4 nitrogen and oxygen atoms in total. The molecule has 2 amide bonds. The van der Waals surface area contributed by atoms with Gasteiger partial charge < -0.3 is 10.2 Å². The summed E-state index contributed by atoms with van der Waals surface area (Å²) in [5, 5.41) is 4.01. The van der Waals surface area contributed by atoms with E-state index >= 15 is 0 Å². The fraction of sp³-hybridized carbons (Fsp3) is 0.417. The van der Waals surface area contributed by atoms with Crippen molar-refractivity contribution in [2.24, 2.45) is 0 Å². The Morgan fingerprint density at radius 2 is 1.73 bits per heavy atom. The number of carbonyl (C=O) groups excluding carboxylic acids is 2. The average Bonchev–Trinajstić information content (AvgIpc) is 2.67. The molecule has 162 valence electrons. The molecule has 0 radical (unpaired) electrons. The van der Waals surface area contributed by atoms with Crippen LogP contribution in [0.1, 0.15) is 51.7 Å². The maximum Gasteiger partial charge on any atom is 0.243 e. The molecule has 0 saturated heterocycles. The molecule has 30 heavy (non-hydrogen) atoms. The predicted octanol–water partition coefficient (Wildman–Crippen LogP) is 5.65. The Morgan fingerprint density at radius 1 is 1.07 bits per heavy atom. The number of hydrogen-bond donors (Lipinski definition) is 1. The molecule has 0 aliphatic heterocycles. The summed E-state index contributed by atoms with van der Waals surface area (Å²) in [7, 11) is 0. The summed E-state index contributed by atoms with van der Waals surface area (Å²) in [5.41, 5.74) is 1.46. The fourth-order valence-electron chi connectivity index (χ4n) is 3.25. The van der Waals surface area contributed by atoms with Crippen LogP contribution in [0.2, 0.25) is 10.0 Å². The normalized spacial score (nSPS) is 12.3. The molecule has 0 aliphatic rings. The van der Waals surface area contributed by atoms with E-state index in [1.807, 2.05) is 58.0 Å². The van der Waals surface area contributed by atoms with Crippen LogP contribution < -0.4 is 5.32 Å². The minimum atomic E-state index is -0.584. The third kappa shape index (κ3) is 7.33. The number of aryl methyl sites for hydroxylation is 1. The van der Waals surface area contributed by atoms with Gasteiger partial charge >= 0.3 is 0 Å². The highest BCUT2D eigenvalue weighted by Gasteiger charge is 2.30. The molecule has 1 atom stereocenters. The molecule has 1 N–H and O–H groups in total. The number of nitrogens with one attached hydrogen (secondary N) is 1. The molecule has 0 fully saturated rings. The van der Waals surface area contributed by atoms with Gasteiger partial charge in [-0.1, -0.05) is 66.5 Å². The first-order valence-corrected chi connectivity index (χ1v) is 11.0. The summed E-state index contributed by atoms with van der Waals surface area (Å²) in [5.74, 6) is -0.246. The van der Waals surface area contributed by atoms with Crippen LogP contribution in [-0.4, -0.2) is 28.3 Å². The number of benzene rings is 2. The van der Waals surface area contributed by atoms with Gasteiger partial charge in [0.1, 0.15) is 6.04 Å². The lowest BCUT2D eigenvalue weighted by Gasteiger charge is -2.33. The quantitative estimate of drug-likeness (QED) is 0.566. The molecule has 0 bridgehead atoms. The molecule has 0 aromatic heterocycles. The highest BCUT2D eigenvalue weighted by atomic mass is 35.5. The Hall–Kier alpha value is -2.04. The standard InChI is InChI=1S/C24H30Cl2N2O2/c1-5-21(23(30)27-24(2,3)4)28(16-18-12-13-19(25)15-20(18)26)22(29)14-11-17-9-7-6-8-10-17/h6-10,12-13,15,21H,5,11,14,16H2,1-4H3,(H,27,30)/t21-/m0/s1. The largest absolute Gasteiger partial charge is 0.350 e. The fourth-order valence-corrected chi connectivity index (χ4v) is 3.71. The van der Waals surface area contributed by atoms with Crippen LogP contribution in [0.4, 0.5) is 0 Å². The molecular formula is C24H30Cl2N2O2. The zero-order chi connectivity index (χ0) is 22.3. The molecule has 0 aliphatic carbocycles. The lowest BCUT2D eigenvalue weighted by molar-refractivity contribution is -0.142. The van der Waals surface area contributed by atoms with Crippen molar-refractivity contribution < 1.29 is 9.59 Å². The molecule has 6 heteroatoms. The summed E-state index contributed by atoms with van der Waals surface area (Å²) < 4.78 is 0. The van der Waals surface area contributed by atoms with Crippen LogP contribution in [0, 0.1) is 0 Å². The van der Waals surface area contributed by atoms with Gasteiger partial charge in [0, 0.05) is 28.5 Å². The van der Waals surface area contributed by atoms with E-state index < -0.39 is 6.04 Å². The first-order valence-electron chi connectivity index (χ1n) is 10.2. The highest BCUT2D eigenvalue weighted by molar-refractivity contribution is 6.35. The van der Waals surface area contributed by atoms with Crippen LogP contribution >= 0.6 is 23.2 Å². The molecule has 0 saturated carbocycles. The minimum absolute atomic E-state index is 0.0826. The molecule has 2 aromatic rings. The van der Waals surface area contributed by atoms with Crippen molar-refractivity contribution in [3.63, 3.8) is 0 Å². The average molecular weight is 449 g/mol. The van der Waals surface area contributed by atoms with Gasteiger partial charge in [-0.25, -0.2) is 0 Å². The van der Waals surface area contributed by atoms with E-state index in [-0.39, 0.29) is 23.9 Å². The summed E-state index contributed by atoms with van der Waals surface area (Å²) in [6.45, 7) is 7.94. The van der Waals surface area contributed by atoms with Crippen LogP contribution in [0.3, 0.4) is 0 Å². The first-order chi connectivity index (χ1) is 14.1. The van der Waals surface area contributed by atoms with Gasteiger partial charge in [-0.05, 0) is 56.9 Å². The summed E-state index contributed by atoms with van der Waals surface area (Å²) >= 11 is 12.4. The third-order valence-electron chi connectivity index (χ3n) is 4.71. The van der Waals surface area contributed by atoms with Crippen molar-refractivity contribution in [3.05, 3.63) is 69.7 Å². The third-order valence-corrected chi connectivity index (χ3v) is 5.30. The molecule has 2 rings (SSSR count). The number of halogens is 2. The molecule has 0 heterocycles. The summed E-state index contributed by atoms with van der Waals surface area (Å²) in [4.78, 5) is 27.9. The summed E-state index contributed by atoms with van der Waals surface area (Å²) in [6.07, 6.45) is 1.43. The highest BCUT2D eigenvalue weighted by Crippen LogP contribution is 2.24. The second-order valence-electron chi connectivity index (χ2n) is 8.41. The lowest BCUT2D eigenvalue weighted by atomic mass is 10.0. The second kappa shape index (κ2) is 10.8. The van der Waals surface area contributed by atoms with Crippen LogP contribution in [0.25, 0.3) is 0 Å². The molecule has 0 spiro atoms. The SMILES string of the molecule is CC[C@@H](C(=O)NC(C)(C)C)N(Cc1ccc(Cl)cc1Cl)C(=O)CCc1ccccc1. The van der Waals surface area contributed by atoms with Gasteiger partial charge in [0.25, 0.3) is 0 Å². The maximum atomic E-state index is 13.2. The zero-order valence-corrected chi connectivity index (χ0v) is 19.6. The van der Waals surface area contributed by atoms with E-state index in [1.54, 1.807) is 23.1 Å². The van der Waals surface area contributed by atoms with E-state index in [1.165, 1.54) is 0 Å². The van der Waals surface area contributed by atoms with Gasteiger partial charge in [-0.3, -0.25) is 9.59 Å². The number of rotatable bonds is 8. The van der Waals surface area contributed by atoms with E-state index in [0.29, 0.717) is 29.3 Å². The van der Waals surface area contributed by atoms with Gasteiger partial charge in [0.05, 0.1) is 0 Å². The molecule has 0 unspecified atom stereocenters. The maximum absolute atomic E-state index is 13.2. The van der Waals surface area contributed by atoms with Crippen molar-refractivity contribution >= 4 is 35.0 Å². The number of hydrogen-bond acceptors (Lipinski definition) is 2. The monoisotopic (exact) mass is 448 g/mol. The van der Waals surface area contributed by atoms with E-state index in [9.17, 15) is 9.59 Å². The van der Waals surface area contributed by atoms with Gasteiger partial charge in [0.15, 0.2) is 0 Å². The van der Waals surface area contributed by atoms with Crippen LogP contribution in [0.15, 0.2) is 48.5 Å². The minimum Gasteiger partial charge on any atom is -0.350 e. The van der Waals surface area contributed by atoms with Crippen LogP contribution in [0.5, 0.6) is 0 Å². The molecule has 2 aromatic carbocycles. The Bertz CT molecular complexity index is 863. The Kier molecular flexibility index (Phi) is 8.75. The number of carbonyl (C=O) groups is 2. The summed E-state index contributed by atoms with van der Waals surface area (Å²) in [6, 6.07) is 14.5. The van der Waals surface area contributed by atoms with E-state index in [0.717, 1.165) is 11.1 Å². The Balaban J connectivity index is 2.27. The lowest BCUT2D eigenvalue weighted by Crippen LogP contribution is -2.53. The Labute approximate surface area is 189 Å². The van der Waals surface area contributed by atoms with Crippen molar-refractivity contribution in [3.8, 4) is 0 Å². The predicted molar refractivity (Wildman–Crippen MR) is 124 cm³/mol. The van der Waals surface area contributed by atoms with Crippen molar-refractivity contribution in [1.29, 1.82) is 0 Å². The number of nitrogens with zero attached hydrogens (tertiary/aromatic N) is 1. The van der Waals surface area contributed by atoms with Gasteiger partial charge in [-0.2, -0.15) is 0 Å². The van der Waals surface area contributed by atoms with Gasteiger partial charge in [0.2, 0.25) is 11.8 Å². The van der Waals surface area contributed by atoms with E-state index in [4.69, 9.17) is 23.2 Å². The zero-order valence-electron chi connectivity index (χ0n) is 18.0. The topological polar surface area (TPSA) is 49.4 Å². The van der Waals surface area contributed by atoms with Crippen LogP contribution in [-0.2, 0) is 22.6 Å². The van der Waals surface area contributed by atoms with E-state index in [2.05, 4.69) is 5.32 Å². The Morgan fingerprint density at radius 3 is 2.30 bits per heavy atom. The van der Waals surface area contributed by atoms with Crippen molar-refractivity contribution in [1.82, 2.24) is 10.2 Å². The first kappa shape index (κ1) is 24.2. The smallest absolute Gasteiger partial charge is 0.243 e. The van der Waals surface area contributed by atoms with Gasteiger partial charge in [-0.15, -0.1) is 0 Å².